The first-order valence-corrected chi connectivity index (χ1v) is 5.50. The van der Waals surface area contributed by atoms with Crippen molar-refractivity contribution in [3.8, 4) is 11.5 Å². The summed E-state index contributed by atoms with van der Waals surface area (Å²) in [5.41, 5.74) is -0.0961. The van der Waals surface area contributed by atoms with E-state index in [1.165, 1.54) is 0 Å². The molecular weight excluding hydrogens is 224 g/mol. The summed E-state index contributed by atoms with van der Waals surface area (Å²) >= 11 is 0. The first kappa shape index (κ1) is 11.7. The topological polar surface area (TPSA) is 73.6 Å². The summed E-state index contributed by atoms with van der Waals surface area (Å²) < 4.78 is 10.8. The second kappa shape index (κ2) is 5.01. The third-order valence-electron chi connectivity index (χ3n) is 2.48. The molecule has 17 heavy (non-hydrogen) atoms. The molecule has 0 amide bonds. The monoisotopic (exact) mass is 238 g/mol. The highest BCUT2D eigenvalue weighted by atomic mass is 16.6. The van der Waals surface area contributed by atoms with E-state index < -0.39 is 4.92 Å². The normalized spacial score (nSPS) is 15.1. The highest BCUT2D eigenvalue weighted by Crippen LogP contribution is 2.37. The minimum atomic E-state index is -0.466. The van der Waals surface area contributed by atoms with Crippen molar-refractivity contribution in [3.63, 3.8) is 0 Å². The molecule has 1 aromatic carbocycles. The number of hydrogen-bond acceptors (Lipinski definition) is 5. The van der Waals surface area contributed by atoms with Gasteiger partial charge in [0.2, 0.25) is 11.5 Å². The van der Waals surface area contributed by atoms with Crippen molar-refractivity contribution in [1.82, 2.24) is 5.32 Å². The third-order valence-corrected chi connectivity index (χ3v) is 2.48. The molecule has 1 aromatic rings. The maximum Gasteiger partial charge on any atom is 0.352 e. The van der Waals surface area contributed by atoms with Gasteiger partial charge in [-0.2, -0.15) is 0 Å². The molecule has 1 N–H and O–H groups in total. The fourth-order valence-corrected chi connectivity index (χ4v) is 1.57. The molecule has 1 heterocycles. The number of nitro benzene ring substituents is 1. The van der Waals surface area contributed by atoms with Gasteiger partial charge in [-0.05, 0) is 19.1 Å². The van der Waals surface area contributed by atoms with Crippen molar-refractivity contribution in [2.24, 2.45) is 0 Å². The molecule has 1 saturated heterocycles. The molecule has 1 aliphatic rings. The van der Waals surface area contributed by atoms with Crippen LogP contribution in [-0.4, -0.2) is 30.7 Å². The van der Waals surface area contributed by atoms with Crippen LogP contribution in [-0.2, 0) is 0 Å². The van der Waals surface area contributed by atoms with E-state index in [0.717, 1.165) is 13.1 Å². The van der Waals surface area contributed by atoms with Crippen LogP contribution in [0.1, 0.15) is 6.92 Å². The Balaban J connectivity index is 2.28. The molecule has 2 rings (SSSR count). The zero-order chi connectivity index (χ0) is 12.3. The summed E-state index contributed by atoms with van der Waals surface area (Å²) in [6.07, 6.45) is 0.00516. The SMILES string of the molecule is CCOc1cccc(OC2CNC2)c1[N+](=O)[O-]. The van der Waals surface area contributed by atoms with Gasteiger partial charge in [0.25, 0.3) is 0 Å². The van der Waals surface area contributed by atoms with Crippen LogP contribution in [0.2, 0.25) is 0 Å². The Bertz CT molecular complexity index is 418. The molecule has 6 heteroatoms. The molecular formula is C11H14N2O4. The third kappa shape index (κ3) is 2.47. The standard InChI is InChI=1S/C11H14N2O4/c1-2-16-9-4-3-5-10(11(9)13(14)15)17-8-6-12-7-8/h3-5,8,12H,2,6-7H2,1H3. The fraction of sp³-hybridized carbons (Fsp3) is 0.455. The molecule has 0 spiro atoms. The van der Waals surface area contributed by atoms with Crippen molar-refractivity contribution in [2.45, 2.75) is 13.0 Å². The average molecular weight is 238 g/mol. The van der Waals surface area contributed by atoms with E-state index in [1.54, 1.807) is 25.1 Å². The molecule has 92 valence electrons. The van der Waals surface area contributed by atoms with Crippen LogP contribution < -0.4 is 14.8 Å². The molecule has 1 fully saturated rings. The van der Waals surface area contributed by atoms with Gasteiger partial charge >= 0.3 is 5.69 Å². The van der Waals surface area contributed by atoms with Gasteiger partial charge in [-0.3, -0.25) is 10.1 Å². The smallest absolute Gasteiger partial charge is 0.352 e. The van der Waals surface area contributed by atoms with E-state index >= 15 is 0 Å². The molecule has 0 bridgehead atoms. The number of nitro groups is 1. The second-order valence-electron chi connectivity index (χ2n) is 3.69. The lowest BCUT2D eigenvalue weighted by Crippen LogP contribution is -2.50. The van der Waals surface area contributed by atoms with Gasteiger partial charge in [-0.1, -0.05) is 6.07 Å². The zero-order valence-electron chi connectivity index (χ0n) is 9.51. The number of hydrogen-bond donors (Lipinski definition) is 1. The van der Waals surface area contributed by atoms with Gasteiger partial charge in [0.15, 0.2) is 0 Å². The summed E-state index contributed by atoms with van der Waals surface area (Å²) in [4.78, 5) is 10.6. The summed E-state index contributed by atoms with van der Waals surface area (Å²) in [5, 5.41) is 14.1. The maximum atomic E-state index is 11.0. The number of rotatable bonds is 5. The van der Waals surface area contributed by atoms with Crippen LogP contribution >= 0.6 is 0 Å². The van der Waals surface area contributed by atoms with E-state index in [9.17, 15) is 10.1 Å². The van der Waals surface area contributed by atoms with Crippen molar-refractivity contribution in [2.75, 3.05) is 19.7 Å². The molecule has 0 radical (unpaired) electrons. The number of ether oxygens (including phenoxy) is 2. The lowest BCUT2D eigenvalue weighted by atomic mass is 10.2. The highest BCUT2D eigenvalue weighted by Gasteiger charge is 2.26. The molecule has 0 aliphatic carbocycles. The summed E-state index contributed by atoms with van der Waals surface area (Å²) in [6.45, 7) is 3.61. The van der Waals surface area contributed by atoms with Crippen LogP contribution in [0.4, 0.5) is 5.69 Å². The second-order valence-corrected chi connectivity index (χ2v) is 3.69. The number of benzene rings is 1. The minimum Gasteiger partial charge on any atom is -0.487 e. The quantitative estimate of drug-likeness (QED) is 0.619. The Kier molecular flexibility index (Phi) is 3.43. The van der Waals surface area contributed by atoms with Gasteiger partial charge in [0.05, 0.1) is 11.5 Å². The van der Waals surface area contributed by atoms with Gasteiger partial charge < -0.3 is 14.8 Å². The predicted octanol–water partition coefficient (Wildman–Crippen LogP) is 1.34. The van der Waals surface area contributed by atoms with Crippen LogP contribution in [0.25, 0.3) is 0 Å². The van der Waals surface area contributed by atoms with E-state index in [-0.39, 0.29) is 23.3 Å². The molecule has 0 saturated carbocycles. The Morgan fingerprint density at radius 3 is 2.71 bits per heavy atom. The number of para-hydroxylation sites is 1. The Morgan fingerprint density at radius 2 is 2.18 bits per heavy atom. The zero-order valence-corrected chi connectivity index (χ0v) is 9.51. The first-order chi connectivity index (χ1) is 8.22. The molecule has 0 unspecified atom stereocenters. The van der Waals surface area contributed by atoms with Crippen molar-refractivity contribution in [3.05, 3.63) is 28.3 Å². The fourth-order valence-electron chi connectivity index (χ4n) is 1.57. The van der Waals surface area contributed by atoms with Gasteiger partial charge in [-0.25, -0.2) is 0 Å². The summed E-state index contributed by atoms with van der Waals surface area (Å²) in [6, 6.07) is 4.87. The summed E-state index contributed by atoms with van der Waals surface area (Å²) in [5.74, 6) is 0.523. The van der Waals surface area contributed by atoms with E-state index in [0.29, 0.717) is 6.61 Å². The summed E-state index contributed by atoms with van der Waals surface area (Å²) in [7, 11) is 0. The van der Waals surface area contributed by atoms with Crippen LogP contribution in [0.5, 0.6) is 11.5 Å². The van der Waals surface area contributed by atoms with Crippen molar-refractivity contribution < 1.29 is 14.4 Å². The van der Waals surface area contributed by atoms with Crippen LogP contribution in [0, 0.1) is 10.1 Å². The molecule has 6 nitrogen and oxygen atoms in total. The predicted molar refractivity (Wildman–Crippen MR) is 61.6 cm³/mol. The van der Waals surface area contributed by atoms with E-state index in [1.807, 2.05) is 0 Å². The largest absolute Gasteiger partial charge is 0.487 e. The van der Waals surface area contributed by atoms with Crippen LogP contribution in [0.15, 0.2) is 18.2 Å². The van der Waals surface area contributed by atoms with Crippen molar-refractivity contribution >= 4 is 5.69 Å². The Hall–Kier alpha value is -1.82. The maximum absolute atomic E-state index is 11.0. The highest BCUT2D eigenvalue weighted by molar-refractivity contribution is 5.57. The molecule has 0 atom stereocenters. The molecule has 0 aromatic heterocycles. The number of nitrogens with one attached hydrogen (secondary N) is 1. The lowest BCUT2D eigenvalue weighted by molar-refractivity contribution is -0.387. The Labute approximate surface area is 98.7 Å². The van der Waals surface area contributed by atoms with Crippen LogP contribution in [0.3, 0.4) is 0 Å². The first-order valence-electron chi connectivity index (χ1n) is 5.50. The average Bonchev–Trinajstić information content (AvgIpc) is 2.23. The van der Waals surface area contributed by atoms with E-state index in [2.05, 4.69) is 5.32 Å². The van der Waals surface area contributed by atoms with Crippen molar-refractivity contribution in [1.29, 1.82) is 0 Å². The number of nitrogens with zero attached hydrogens (tertiary/aromatic N) is 1. The van der Waals surface area contributed by atoms with Gasteiger partial charge in [0.1, 0.15) is 6.10 Å². The minimum absolute atomic E-state index is 0.00516. The van der Waals surface area contributed by atoms with Gasteiger partial charge in [-0.15, -0.1) is 0 Å². The van der Waals surface area contributed by atoms with Gasteiger partial charge in [0, 0.05) is 13.1 Å². The molecule has 1 aliphatic heterocycles. The Morgan fingerprint density at radius 1 is 1.47 bits per heavy atom. The van der Waals surface area contributed by atoms with E-state index in [4.69, 9.17) is 9.47 Å². The lowest BCUT2D eigenvalue weighted by Gasteiger charge is -2.27.